The molecule has 0 heterocycles. The van der Waals surface area contributed by atoms with E-state index in [0.29, 0.717) is 13.0 Å². The van der Waals surface area contributed by atoms with Gasteiger partial charge in [-0.1, -0.05) is 42.5 Å². The molecule has 5 nitrogen and oxygen atoms in total. The molecule has 0 fully saturated rings. The van der Waals surface area contributed by atoms with Gasteiger partial charge in [0.1, 0.15) is 11.8 Å². The molecule has 0 unspecified atom stereocenters. The number of rotatable bonds is 8. The Kier molecular flexibility index (Phi) is 7.21. The Morgan fingerprint density at radius 1 is 1.08 bits per heavy atom. The molecule has 138 valence electrons. The molecule has 26 heavy (non-hydrogen) atoms. The summed E-state index contributed by atoms with van der Waals surface area (Å²) in [4.78, 5) is 23.3. The quantitative estimate of drug-likeness (QED) is 0.740. The van der Waals surface area contributed by atoms with E-state index in [9.17, 15) is 9.59 Å². The molecule has 0 aliphatic carbocycles. The van der Waals surface area contributed by atoms with E-state index >= 15 is 0 Å². The third kappa shape index (κ3) is 5.62. The molecule has 1 amide bonds. The highest BCUT2D eigenvalue weighted by molar-refractivity contribution is 5.83. The summed E-state index contributed by atoms with van der Waals surface area (Å²) >= 11 is 0. The molecule has 5 heteroatoms. The number of carbonyl (C=O) groups is 2. The van der Waals surface area contributed by atoms with Crippen molar-refractivity contribution in [2.24, 2.45) is 0 Å². The Hall–Kier alpha value is -2.82. The molecule has 0 spiro atoms. The fourth-order valence-electron chi connectivity index (χ4n) is 2.80. The van der Waals surface area contributed by atoms with E-state index in [0.717, 1.165) is 23.3 Å². The van der Waals surface area contributed by atoms with Crippen LogP contribution in [-0.4, -0.2) is 31.6 Å². The van der Waals surface area contributed by atoms with Crippen molar-refractivity contribution < 1.29 is 19.1 Å². The predicted octanol–water partition coefficient (Wildman–Crippen LogP) is 2.90. The summed E-state index contributed by atoms with van der Waals surface area (Å²) in [6.45, 7) is 3.81. The summed E-state index contributed by atoms with van der Waals surface area (Å²) in [6, 6.07) is 15.4. The number of benzene rings is 2. The second kappa shape index (κ2) is 9.61. The van der Waals surface area contributed by atoms with Crippen molar-refractivity contribution in [3.8, 4) is 5.75 Å². The van der Waals surface area contributed by atoms with E-state index in [1.165, 1.54) is 19.6 Å². The molecule has 1 N–H and O–H groups in total. The minimum atomic E-state index is -0.739. The van der Waals surface area contributed by atoms with E-state index in [4.69, 9.17) is 9.47 Å². The first kappa shape index (κ1) is 19.5. The van der Waals surface area contributed by atoms with Crippen LogP contribution in [0.15, 0.2) is 48.5 Å². The van der Waals surface area contributed by atoms with Crippen molar-refractivity contribution in [2.45, 2.75) is 32.7 Å². The molecule has 0 aliphatic heterocycles. The van der Waals surface area contributed by atoms with Gasteiger partial charge in [0.15, 0.2) is 0 Å². The minimum absolute atomic E-state index is 0.279. The number of hydrogen-bond donors (Lipinski definition) is 1. The van der Waals surface area contributed by atoms with Crippen LogP contribution in [0.25, 0.3) is 0 Å². The molecule has 0 radical (unpaired) electrons. The average molecular weight is 355 g/mol. The van der Waals surface area contributed by atoms with E-state index in [2.05, 4.69) is 17.4 Å². The van der Waals surface area contributed by atoms with Gasteiger partial charge in [-0.25, -0.2) is 4.79 Å². The van der Waals surface area contributed by atoms with E-state index in [1.54, 1.807) is 0 Å². The highest BCUT2D eigenvalue weighted by Crippen LogP contribution is 2.24. The van der Waals surface area contributed by atoms with Crippen LogP contribution in [0.4, 0.5) is 0 Å². The third-order valence-corrected chi connectivity index (χ3v) is 3.97. The largest absolute Gasteiger partial charge is 0.494 e. The van der Waals surface area contributed by atoms with Crippen LogP contribution in [0.2, 0.25) is 0 Å². The summed E-state index contributed by atoms with van der Waals surface area (Å²) in [6.07, 6.45) is 1.11. The lowest BCUT2D eigenvalue weighted by molar-refractivity contribution is -0.144. The van der Waals surface area contributed by atoms with Gasteiger partial charge in [0.05, 0.1) is 13.7 Å². The van der Waals surface area contributed by atoms with Crippen molar-refractivity contribution in [2.75, 3.05) is 13.7 Å². The smallest absolute Gasteiger partial charge is 0.328 e. The number of methoxy groups -OCH3 is 1. The first-order valence-corrected chi connectivity index (χ1v) is 8.67. The van der Waals surface area contributed by atoms with Gasteiger partial charge in [-0.15, -0.1) is 0 Å². The predicted molar refractivity (Wildman–Crippen MR) is 100 cm³/mol. The number of nitrogens with one attached hydrogen (secondary N) is 1. The maximum Gasteiger partial charge on any atom is 0.328 e. The number of amides is 1. The molecule has 1 atom stereocenters. The number of ether oxygens (including phenoxy) is 2. The summed E-state index contributed by atoms with van der Waals surface area (Å²) < 4.78 is 10.6. The van der Waals surface area contributed by atoms with Gasteiger partial charge in [0.2, 0.25) is 5.91 Å². The Morgan fingerprint density at radius 2 is 1.81 bits per heavy atom. The summed E-state index contributed by atoms with van der Waals surface area (Å²) in [5.41, 5.74) is 3.19. The number of hydrogen-bond acceptors (Lipinski definition) is 4. The van der Waals surface area contributed by atoms with Crippen LogP contribution in [0.5, 0.6) is 5.75 Å². The monoisotopic (exact) mass is 355 g/mol. The summed E-state index contributed by atoms with van der Waals surface area (Å²) in [5.74, 6) is -0.0322. The standard InChI is InChI=1S/C21H25NO4/c1-4-26-20-13-17(12-16-8-6-5-7-9-16)10-11-18(20)14-19(21(24)25-3)22-15(2)23/h5-11,13,19H,4,12,14H2,1-3H3,(H,22,23)/t19-/m0/s1. The molecule has 0 aliphatic rings. The van der Waals surface area contributed by atoms with E-state index in [-0.39, 0.29) is 5.91 Å². The molecule has 0 bridgehead atoms. The maximum absolute atomic E-state index is 12.0. The molecule has 0 saturated carbocycles. The zero-order valence-electron chi connectivity index (χ0n) is 15.5. The molecule has 0 aromatic heterocycles. The molecule has 2 aromatic rings. The van der Waals surface area contributed by atoms with Gasteiger partial charge < -0.3 is 14.8 Å². The lowest BCUT2D eigenvalue weighted by Crippen LogP contribution is -2.42. The van der Waals surface area contributed by atoms with Gasteiger partial charge in [-0.05, 0) is 36.1 Å². The average Bonchev–Trinajstić information content (AvgIpc) is 2.63. The Labute approximate surface area is 154 Å². The molecular formula is C21H25NO4. The second-order valence-electron chi connectivity index (χ2n) is 6.02. The van der Waals surface area contributed by atoms with Crippen molar-refractivity contribution in [3.63, 3.8) is 0 Å². The molecule has 2 rings (SSSR count). The topological polar surface area (TPSA) is 64.6 Å². The Bertz CT molecular complexity index is 743. The van der Waals surface area contributed by atoms with Crippen molar-refractivity contribution in [3.05, 3.63) is 65.2 Å². The van der Waals surface area contributed by atoms with Crippen LogP contribution in [-0.2, 0) is 27.2 Å². The molecule has 2 aromatic carbocycles. The lowest BCUT2D eigenvalue weighted by atomic mass is 9.99. The van der Waals surface area contributed by atoms with Crippen molar-refractivity contribution in [1.29, 1.82) is 0 Å². The van der Waals surface area contributed by atoms with Crippen LogP contribution >= 0.6 is 0 Å². The van der Waals surface area contributed by atoms with E-state index < -0.39 is 12.0 Å². The summed E-state index contributed by atoms with van der Waals surface area (Å²) in [7, 11) is 1.31. The zero-order chi connectivity index (χ0) is 18.9. The SMILES string of the molecule is CCOc1cc(Cc2ccccc2)ccc1C[C@H](NC(C)=O)C(=O)OC. The van der Waals surface area contributed by atoms with Crippen molar-refractivity contribution >= 4 is 11.9 Å². The van der Waals surface area contributed by atoms with Gasteiger partial charge in [0, 0.05) is 13.3 Å². The van der Waals surface area contributed by atoms with Gasteiger partial charge in [-0.2, -0.15) is 0 Å². The van der Waals surface area contributed by atoms with Crippen LogP contribution in [0.1, 0.15) is 30.5 Å². The van der Waals surface area contributed by atoms with Crippen LogP contribution in [0, 0.1) is 0 Å². The van der Waals surface area contributed by atoms with E-state index in [1.807, 2.05) is 43.3 Å². The fourth-order valence-corrected chi connectivity index (χ4v) is 2.80. The lowest BCUT2D eigenvalue weighted by Gasteiger charge is -2.18. The van der Waals surface area contributed by atoms with Gasteiger partial charge >= 0.3 is 5.97 Å². The Balaban J connectivity index is 2.23. The van der Waals surface area contributed by atoms with Crippen LogP contribution in [0.3, 0.4) is 0 Å². The Morgan fingerprint density at radius 3 is 2.42 bits per heavy atom. The zero-order valence-corrected chi connectivity index (χ0v) is 15.5. The minimum Gasteiger partial charge on any atom is -0.494 e. The summed E-state index contributed by atoms with van der Waals surface area (Å²) in [5, 5.41) is 2.63. The highest BCUT2D eigenvalue weighted by Gasteiger charge is 2.22. The highest BCUT2D eigenvalue weighted by atomic mass is 16.5. The molecule has 0 saturated heterocycles. The van der Waals surface area contributed by atoms with Gasteiger partial charge in [-0.3, -0.25) is 4.79 Å². The number of carbonyl (C=O) groups excluding carboxylic acids is 2. The fraction of sp³-hybridized carbons (Fsp3) is 0.333. The van der Waals surface area contributed by atoms with Crippen molar-refractivity contribution in [1.82, 2.24) is 5.32 Å². The second-order valence-corrected chi connectivity index (χ2v) is 6.02. The molecular weight excluding hydrogens is 330 g/mol. The number of esters is 1. The van der Waals surface area contributed by atoms with Gasteiger partial charge in [0.25, 0.3) is 0 Å². The van der Waals surface area contributed by atoms with Crippen LogP contribution < -0.4 is 10.1 Å². The first-order valence-electron chi connectivity index (χ1n) is 8.67. The third-order valence-electron chi connectivity index (χ3n) is 3.97. The first-order chi connectivity index (χ1) is 12.5. The maximum atomic E-state index is 12.0. The normalized spacial score (nSPS) is 11.5.